The zero-order valence-corrected chi connectivity index (χ0v) is 10.6. The Morgan fingerprint density at radius 2 is 2.00 bits per heavy atom. The van der Waals surface area contributed by atoms with Crippen LogP contribution in [0.2, 0.25) is 0 Å². The van der Waals surface area contributed by atoms with Crippen LogP contribution in [-0.2, 0) is 6.42 Å². The summed E-state index contributed by atoms with van der Waals surface area (Å²) >= 11 is 3.41. The number of hydrogen-bond acceptors (Lipinski definition) is 3. The third kappa shape index (κ3) is 2.31. The van der Waals surface area contributed by atoms with E-state index in [2.05, 4.69) is 26.0 Å². The molecule has 0 aliphatic rings. The fourth-order valence-corrected chi connectivity index (χ4v) is 1.80. The fraction of sp³-hybridized carbons (Fsp3) is 0.273. The number of benzene rings is 1. The van der Waals surface area contributed by atoms with Gasteiger partial charge < -0.3 is 5.73 Å². The molecule has 84 valence electrons. The van der Waals surface area contributed by atoms with Crippen LogP contribution >= 0.6 is 15.9 Å². The van der Waals surface area contributed by atoms with E-state index in [1.807, 2.05) is 35.9 Å². The van der Waals surface area contributed by atoms with E-state index in [0.717, 1.165) is 28.2 Å². The summed E-state index contributed by atoms with van der Waals surface area (Å²) in [5, 5.41) is 4.36. The lowest BCUT2D eigenvalue weighted by molar-refractivity contribution is 0.773. The van der Waals surface area contributed by atoms with Gasteiger partial charge in [0.15, 0.2) is 0 Å². The lowest BCUT2D eigenvalue weighted by atomic mass is 10.3. The highest BCUT2D eigenvalue weighted by molar-refractivity contribution is 9.10. The van der Waals surface area contributed by atoms with Gasteiger partial charge in [-0.3, -0.25) is 0 Å². The van der Waals surface area contributed by atoms with Crippen LogP contribution in [0, 0.1) is 6.92 Å². The topological polar surface area (TPSA) is 56.7 Å². The van der Waals surface area contributed by atoms with Crippen LogP contribution < -0.4 is 5.73 Å². The second-order valence-corrected chi connectivity index (χ2v) is 4.42. The zero-order valence-electron chi connectivity index (χ0n) is 9.02. The van der Waals surface area contributed by atoms with E-state index < -0.39 is 0 Å². The number of aryl methyl sites for hydroxylation is 1. The molecule has 0 fully saturated rings. The maximum Gasteiger partial charge on any atom is 0.148 e. The maximum absolute atomic E-state index is 5.55. The Balaban J connectivity index is 2.42. The van der Waals surface area contributed by atoms with Crippen LogP contribution in [0.5, 0.6) is 0 Å². The number of hydrogen-bond donors (Lipinski definition) is 1. The van der Waals surface area contributed by atoms with Crippen LogP contribution in [-0.4, -0.2) is 21.3 Å². The highest BCUT2D eigenvalue weighted by Crippen LogP contribution is 2.15. The molecule has 1 aromatic heterocycles. The molecule has 2 aromatic rings. The Morgan fingerprint density at radius 3 is 2.62 bits per heavy atom. The van der Waals surface area contributed by atoms with Gasteiger partial charge in [-0.05, 0) is 37.7 Å². The number of rotatable bonds is 3. The van der Waals surface area contributed by atoms with Gasteiger partial charge in [-0.2, -0.15) is 5.10 Å². The van der Waals surface area contributed by atoms with E-state index in [0.29, 0.717) is 6.54 Å². The van der Waals surface area contributed by atoms with Crippen LogP contribution in [0.3, 0.4) is 0 Å². The standard InChI is InChI=1S/C11H13BrN4/c1-8-14-11(6-7-13)16(15-8)10-4-2-9(12)3-5-10/h2-5H,6-7,13H2,1H3. The van der Waals surface area contributed by atoms with Gasteiger partial charge in [0, 0.05) is 10.9 Å². The summed E-state index contributed by atoms with van der Waals surface area (Å²) in [6.07, 6.45) is 0.733. The van der Waals surface area contributed by atoms with Crippen molar-refractivity contribution in [1.82, 2.24) is 14.8 Å². The molecule has 1 heterocycles. The molecule has 1 aromatic carbocycles. The van der Waals surface area contributed by atoms with Gasteiger partial charge in [0.1, 0.15) is 11.6 Å². The predicted octanol–water partition coefficient (Wildman–Crippen LogP) is 1.84. The van der Waals surface area contributed by atoms with Crippen LogP contribution in [0.15, 0.2) is 28.7 Å². The largest absolute Gasteiger partial charge is 0.330 e. The minimum absolute atomic E-state index is 0.578. The van der Waals surface area contributed by atoms with E-state index in [4.69, 9.17) is 5.73 Å². The SMILES string of the molecule is Cc1nc(CCN)n(-c2ccc(Br)cc2)n1. The highest BCUT2D eigenvalue weighted by Gasteiger charge is 2.07. The lowest BCUT2D eigenvalue weighted by Crippen LogP contribution is -2.09. The summed E-state index contributed by atoms with van der Waals surface area (Å²) in [6, 6.07) is 7.97. The first-order valence-corrected chi connectivity index (χ1v) is 5.88. The molecular formula is C11H13BrN4. The molecule has 0 spiro atoms. The first-order valence-electron chi connectivity index (χ1n) is 5.09. The minimum atomic E-state index is 0.578. The van der Waals surface area contributed by atoms with Gasteiger partial charge in [0.05, 0.1) is 5.69 Å². The van der Waals surface area contributed by atoms with Crippen molar-refractivity contribution in [2.24, 2.45) is 5.73 Å². The summed E-state index contributed by atoms with van der Waals surface area (Å²) in [4.78, 5) is 4.36. The molecule has 0 saturated heterocycles. The van der Waals surface area contributed by atoms with Crippen LogP contribution in [0.4, 0.5) is 0 Å². The number of aromatic nitrogens is 3. The van der Waals surface area contributed by atoms with E-state index in [-0.39, 0.29) is 0 Å². The smallest absolute Gasteiger partial charge is 0.148 e. The predicted molar refractivity (Wildman–Crippen MR) is 66.6 cm³/mol. The quantitative estimate of drug-likeness (QED) is 0.934. The molecule has 0 atom stereocenters. The lowest BCUT2D eigenvalue weighted by Gasteiger charge is -2.04. The Hall–Kier alpha value is -1.20. The van der Waals surface area contributed by atoms with Crippen molar-refractivity contribution in [3.05, 3.63) is 40.4 Å². The molecule has 5 heteroatoms. The van der Waals surface area contributed by atoms with Crippen molar-refractivity contribution in [2.45, 2.75) is 13.3 Å². The van der Waals surface area contributed by atoms with Crippen molar-refractivity contribution >= 4 is 15.9 Å². The first-order chi connectivity index (χ1) is 7.70. The Morgan fingerprint density at radius 1 is 1.31 bits per heavy atom. The van der Waals surface area contributed by atoms with Crippen molar-refractivity contribution in [1.29, 1.82) is 0 Å². The normalized spacial score (nSPS) is 10.7. The van der Waals surface area contributed by atoms with Gasteiger partial charge >= 0.3 is 0 Å². The number of halogens is 1. The van der Waals surface area contributed by atoms with Crippen molar-refractivity contribution in [2.75, 3.05) is 6.54 Å². The summed E-state index contributed by atoms with van der Waals surface area (Å²) in [7, 11) is 0. The molecule has 0 radical (unpaired) electrons. The van der Waals surface area contributed by atoms with E-state index >= 15 is 0 Å². The summed E-state index contributed by atoms with van der Waals surface area (Å²) < 4.78 is 2.89. The Labute approximate surface area is 103 Å². The summed E-state index contributed by atoms with van der Waals surface area (Å²) in [5.74, 6) is 1.67. The van der Waals surface area contributed by atoms with Crippen molar-refractivity contribution in [3.63, 3.8) is 0 Å². The average molecular weight is 281 g/mol. The zero-order chi connectivity index (χ0) is 11.5. The van der Waals surface area contributed by atoms with Gasteiger partial charge in [0.25, 0.3) is 0 Å². The number of nitrogens with two attached hydrogens (primary N) is 1. The minimum Gasteiger partial charge on any atom is -0.330 e. The highest BCUT2D eigenvalue weighted by atomic mass is 79.9. The first kappa shape index (κ1) is 11.3. The van der Waals surface area contributed by atoms with Gasteiger partial charge in [-0.25, -0.2) is 9.67 Å². The average Bonchev–Trinajstić information content (AvgIpc) is 2.61. The van der Waals surface area contributed by atoms with Gasteiger partial charge in [0.2, 0.25) is 0 Å². The molecule has 16 heavy (non-hydrogen) atoms. The van der Waals surface area contributed by atoms with E-state index in [1.54, 1.807) is 0 Å². The van der Waals surface area contributed by atoms with E-state index in [1.165, 1.54) is 0 Å². The molecule has 2 rings (SSSR count). The molecule has 0 amide bonds. The molecule has 0 aliphatic carbocycles. The fourth-order valence-electron chi connectivity index (χ4n) is 1.54. The summed E-state index contributed by atoms with van der Waals surface area (Å²) in [5.41, 5.74) is 6.56. The molecule has 4 nitrogen and oxygen atoms in total. The third-order valence-corrected chi connectivity index (χ3v) is 2.75. The van der Waals surface area contributed by atoms with Crippen LogP contribution in [0.25, 0.3) is 5.69 Å². The third-order valence-electron chi connectivity index (χ3n) is 2.22. The number of nitrogens with zero attached hydrogens (tertiary/aromatic N) is 3. The van der Waals surface area contributed by atoms with Crippen molar-refractivity contribution in [3.8, 4) is 5.69 Å². The Kier molecular flexibility index (Phi) is 3.36. The van der Waals surface area contributed by atoms with E-state index in [9.17, 15) is 0 Å². The molecular weight excluding hydrogens is 268 g/mol. The molecule has 0 saturated carbocycles. The molecule has 0 bridgehead atoms. The molecule has 0 unspecified atom stereocenters. The molecule has 2 N–H and O–H groups in total. The maximum atomic E-state index is 5.55. The Bertz CT molecular complexity index is 475. The van der Waals surface area contributed by atoms with Gasteiger partial charge in [-0.1, -0.05) is 15.9 Å². The van der Waals surface area contributed by atoms with Gasteiger partial charge in [-0.15, -0.1) is 0 Å². The van der Waals surface area contributed by atoms with Crippen LogP contribution in [0.1, 0.15) is 11.6 Å². The van der Waals surface area contributed by atoms with Crippen molar-refractivity contribution < 1.29 is 0 Å². The molecule has 0 aliphatic heterocycles. The second-order valence-electron chi connectivity index (χ2n) is 3.50. The summed E-state index contributed by atoms with van der Waals surface area (Å²) in [6.45, 7) is 2.46. The second kappa shape index (κ2) is 4.76. The monoisotopic (exact) mass is 280 g/mol.